The number of nitrogens with zero attached hydrogens (tertiary/aromatic N) is 1. The average molecular weight is 227 g/mol. The molecule has 1 aromatic carbocycles. The number of nitrogens with two attached hydrogens (primary N) is 1. The van der Waals surface area contributed by atoms with E-state index in [1.165, 1.54) is 0 Å². The lowest BCUT2D eigenvalue weighted by molar-refractivity contribution is 0.102. The number of carbonyl (C=O) groups excluding carboxylic acids is 1. The van der Waals surface area contributed by atoms with Crippen LogP contribution in [0.15, 0.2) is 42.6 Å². The van der Waals surface area contributed by atoms with Crippen LogP contribution in [0.1, 0.15) is 15.9 Å². The molecule has 0 saturated carbocycles. The van der Waals surface area contributed by atoms with Crippen molar-refractivity contribution < 1.29 is 4.79 Å². The van der Waals surface area contributed by atoms with E-state index in [0.29, 0.717) is 17.1 Å². The summed E-state index contributed by atoms with van der Waals surface area (Å²) in [6, 6.07) is 10.8. The molecule has 1 amide bonds. The molecule has 0 saturated heterocycles. The number of pyridine rings is 1. The number of aromatic nitrogens is 1. The molecule has 3 N–H and O–H groups in total. The summed E-state index contributed by atoms with van der Waals surface area (Å²) in [5, 5.41) is 2.69. The summed E-state index contributed by atoms with van der Waals surface area (Å²) in [6.07, 6.45) is 1.59. The van der Waals surface area contributed by atoms with Crippen molar-refractivity contribution in [1.29, 1.82) is 0 Å². The lowest BCUT2D eigenvalue weighted by Gasteiger charge is -2.08. The molecule has 1 heterocycles. The molecule has 17 heavy (non-hydrogen) atoms. The van der Waals surface area contributed by atoms with Crippen molar-refractivity contribution in [2.45, 2.75) is 6.92 Å². The molecule has 2 rings (SSSR count). The van der Waals surface area contributed by atoms with Crippen molar-refractivity contribution >= 4 is 17.4 Å². The van der Waals surface area contributed by atoms with Crippen LogP contribution in [0.4, 0.5) is 11.5 Å². The van der Waals surface area contributed by atoms with Crippen molar-refractivity contribution in [3.63, 3.8) is 0 Å². The third kappa shape index (κ3) is 2.42. The number of benzene rings is 1. The zero-order valence-electron chi connectivity index (χ0n) is 9.47. The van der Waals surface area contributed by atoms with Gasteiger partial charge in [0.25, 0.3) is 5.91 Å². The Morgan fingerprint density at radius 1 is 1.24 bits per heavy atom. The smallest absolute Gasteiger partial charge is 0.257 e. The summed E-state index contributed by atoms with van der Waals surface area (Å²) in [4.78, 5) is 16.0. The van der Waals surface area contributed by atoms with Gasteiger partial charge in [-0.15, -0.1) is 0 Å². The summed E-state index contributed by atoms with van der Waals surface area (Å²) in [6.45, 7) is 1.89. The lowest BCUT2D eigenvalue weighted by Crippen LogP contribution is -2.15. The van der Waals surface area contributed by atoms with E-state index < -0.39 is 0 Å². The quantitative estimate of drug-likeness (QED) is 0.826. The number of nitrogen functional groups attached to an aromatic ring is 1. The van der Waals surface area contributed by atoms with Crippen LogP contribution in [-0.2, 0) is 0 Å². The van der Waals surface area contributed by atoms with Crippen molar-refractivity contribution in [1.82, 2.24) is 4.98 Å². The number of anilines is 2. The zero-order chi connectivity index (χ0) is 12.3. The number of carbonyl (C=O) groups is 1. The third-order valence-corrected chi connectivity index (χ3v) is 2.46. The molecule has 0 atom stereocenters. The van der Waals surface area contributed by atoms with Gasteiger partial charge >= 0.3 is 0 Å². The van der Waals surface area contributed by atoms with Crippen LogP contribution in [0, 0.1) is 6.92 Å². The standard InChI is InChI=1S/C13H13N3O/c1-9-5-2-3-6-10(9)13(17)16-12-11(14)7-4-8-15-12/h2-8H,14H2,1H3,(H,15,16,17). The molecule has 0 aliphatic heterocycles. The minimum Gasteiger partial charge on any atom is -0.396 e. The maximum absolute atomic E-state index is 12.0. The van der Waals surface area contributed by atoms with E-state index in [1.807, 2.05) is 25.1 Å². The van der Waals surface area contributed by atoms with Crippen molar-refractivity contribution in [2.75, 3.05) is 11.1 Å². The molecule has 0 fully saturated rings. The van der Waals surface area contributed by atoms with Crippen LogP contribution in [0.5, 0.6) is 0 Å². The third-order valence-electron chi connectivity index (χ3n) is 2.46. The topological polar surface area (TPSA) is 68.0 Å². The van der Waals surface area contributed by atoms with Crippen LogP contribution in [0.3, 0.4) is 0 Å². The maximum atomic E-state index is 12.0. The largest absolute Gasteiger partial charge is 0.396 e. The monoisotopic (exact) mass is 227 g/mol. The Labute approximate surface area is 99.5 Å². The van der Waals surface area contributed by atoms with Crippen LogP contribution in [0.2, 0.25) is 0 Å². The van der Waals surface area contributed by atoms with Crippen molar-refractivity contribution in [3.8, 4) is 0 Å². The Morgan fingerprint density at radius 3 is 2.71 bits per heavy atom. The molecular formula is C13H13N3O. The maximum Gasteiger partial charge on any atom is 0.257 e. The molecule has 0 aliphatic rings. The van der Waals surface area contributed by atoms with E-state index in [2.05, 4.69) is 10.3 Å². The van der Waals surface area contributed by atoms with Gasteiger partial charge in [-0.3, -0.25) is 4.79 Å². The van der Waals surface area contributed by atoms with Gasteiger partial charge in [0.1, 0.15) is 0 Å². The highest BCUT2D eigenvalue weighted by Gasteiger charge is 2.10. The second kappa shape index (κ2) is 4.65. The molecule has 1 aromatic heterocycles. The summed E-state index contributed by atoms with van der Waals surface area (Å²) in [7, 11) is 0. The van der Waals surface area contributed by atoms with Crippen molar-refractivity contribution in [3.05, 3.63) is 53.7 Å². The SMILES string of the molecule is Cc1ccccc1C(=O)Nc1ncccc1N. The van der Waals surface area contributed by atoms with Gasteiger partial charge in [0.2, 0.25) is 0 Å². The molecule has 4 heteroatoms. The van der Waals surface area contributed by atoms with Gasteiger partial charge in [-0.25, -0.2) is 4.98 Å². The van der Waals surface area contributed by atoms with E-state index in [-0.39, 0.29) is 5.91 Å². The predicted molar refractivity (Wildman–Crippen MR) is 67.8 cm³/mol. The van der Waals surface area contributed by atoms with Crippen LogP contribution < -0.4 is 11.1 Å². The molecule has 4 nitrogen and oxygen atoms in total. The molecule has 0 aliphatic carbocycles. The number of rotatable bonds is 2. The zero-order valence-corrected chi connectivity index (χ0v) is 9.47. The molecule has 0 bridgehead atoms. The molecule has 0 radical (unpaired) electrons. The van der Waals surface area contributed by atoms with Crippen LogP contribution >= 0.6 is 0 Å². The molecule has 0 spiro atoms. The van der Waals surface area contributed by atoms with Gasteiger partial charge in [0.05, 0.1) is 5.69 Å². The van der Waals surface area contributed by atoms with E-state index in [1.54, 1.807) is 24.4 Å². The second-order valence-electron chi connectivity index (χ2n) is 3.71. The Balaban J connectivity index is 2.24. The van der Waals surface area contributed by atoms with E-state index in [4.69, 9.17) is 5.73 Å². The van der Waals surface area contributed by atoms with Crippen LogP contribution in [0.25, 0.3) is 0 Å². The molecular weight excluding hydrogens is 214 g/mol. The van der Waals surface area contributed by atoms with E-state index >= 15 is 0 Å². The Hall–Kier alpha value is -2.36. The van der Waals surface area contributed by atoms with Gasteiger partial charge in [0, 0.05) is 11.8 Å². The Kier molecular flexibility index (Phi) is 3.05. The van der Waals surface area contributed by atoms with E-state index in [9.17, 15) is 4.79 Å². The van der Waals surface area contributed by atoms with Gasteiger partial charge in [0.15, 0.2) is 5.82 Å². The van der Waals surface area contributed by atoms with Crippen molar-refractivity contribution in [2.24, 2.45) is 0 Å². The fourth-order valence-corrected chi connectivity index (χ4v) is 1.52. The highest BCUT2D eigenvalue weighted by atomic mass is 16.1. The minimum atomic E-state index is -0.200. The summed E-state index contributed by atoms with van der Waals surface area (Å²) in [5.41, 5.74) is 7.70. The predicted octanol–water partition coefficient (Wildman–Crippen LogP) is 2.22. The number of amides is 1. The lowest BCUT2D eigenvalue weighted by atomic mass is 10.1. The molecule has 86 valence electrons. The fraction of sp³-hybridized carbons (Fsp3) is 0.0769. The van der Waals surface area contributed by atoms with E-state index in [0.717, 1.165) is 5.56 Å². The fourth-order valence-electron chi connectivity index (χ4n) is 1.52. The van der Waals surface area contributed by atoms with Gasteiger partial charge in [-0.05, 0) is 30.7 Å². The Bertz CT molecular complexity index is 552. The minimum absolute atomic E-state index is 0.200. The Morgan fingerprint density at radius 2 is 2.00 bits per heavy atom. The number of hydrogen-bond donors (Lipinski definition) is 2. The number of hydrogen-bond acceptors (Lipinski definition) is 3. The van der Waals surface area contributed by atoms with Gasteiger partial charge in [-0.1, -0.05) is 18.2 Å². The normalized spacial score (nSPS) is 9.94. The summed E-state index contributed by atoms with van der Waals surface area (Å²) in [5.74, 6) is 0.189. The summed E-state index contributed by atoms with van der Waals surface area (Å²) >= 11 is 0. The molecule has 2 aromatic rings. The van der Waals surface area contributed by atoms with Gasteiger partial charge in [-0.2, -0.15) is 0 Å². The highest BCUT2D eigenvalue weighted by Crippen LogP contribution is 2.15. The number of aryl methyl sites for hydroxylation is 1. The van der Waals surface area contributed by atoms with Crippen LogP contribution in [-0.4, -0.2) is 10.9 Å². The second-order valence-corrected chi connectivity index (χ2v) is 3.71. The van der Waals surface area contributed by atoms with Gasteiger partial charge < -0.3 is 11.1 Å². The average Bonchev–Trinajstić information content (AvgIpc) is 2.32. The first-order valence-corrected chi connectivity index (χ1v) is 5.26. The summed E-state index contributed by atoms with van der Waals surface area (Å²) < 4.78 is 0. The highest BCUT2D eigenvalue weighted by molar-refractivity contribution is 6.05. The molecule has 0 unspecified atom stereocenters. The number of nitrogens with one attached hydrogen (secondary N) is 1. The first-order chi connectivity index (χ1) is 8.18. The first-order valence-electron chi connectivity index (χ1n) is 5.26. The first kappa shape index (κ1) is 11.1.